The maximum atomic E-state index is 11.5. The number of hydrogen-bond acceptors (Lipinski definition) is 1. The summed E-state index contributed by atoms with van der Waals surface area (Å²) in [6.07, 6.45) is 10.00. The molecule has 0 unspecified atom stereocenters. The van der Waals surface area contributed by atoms with Crippen LogP contribution in [0.4, 0.5) is 0 Å². The third-order valence-electron chi connectivity index (χ3n) is 4.01. The van der Waals surface area contributed by atoms with Gasteiger partial charge in [-0.2, -0.15) is 0 Å². The van der Waals surface area contributed by atoms with Crippen molar-refractivity contribution in [1.82, 2.24) is 5.32 Å². The largest absolute Gasteiger partial charge is 0.349 e. The first-order valence-corrected chi connectivity index (χ1v) is 4.77. The summed E-state index contributed by atoms with van der Waals surface area (Å²) in [6, 6.07) is 0. The van der Waals surface area contributed by atoms with Gasteiger partial charge >= 0.3 is 0 Å². The summed E-state index contributed by atoms with van der Waals surface area (Å²) >= 11 is 0. The van der Waals surface area contributed by atoms with Crippen LogP contribution in [0, 0.1) is 5.41 Å². The van der Waals surface area contributed by atoms with Gasteiger partial charge in [0, 0.05) is 0 Å². The molecular weight excluding hydrogens is 150 g/mol. The quantitative estimate of drug-likeness (QED) is 0.424. The second-order valence-electron chi connectivity index (χ2n) is 4.35. The molecule has 0 bridgehead atoms. The number of amides is 1. The van der Waals surface area contributed by atoms with E-state index in [9.17, 15) is 4.79 Å². The lowest BCUT2D eigenvalue weighted by atomic mass is 9.59. The topological polar surface area (TPSA) is 29.1 Å². The SMILES string of the molecule is O=C1N[C@@]23CC=CC[C@@]12CCC3. The van der Waals surface area contributed by atoms with Crippen LogP contribution in [-0.2, 0) is 4.79 Å². The molecule has 2 nitrogen and oxygen atoms in total. The van der Waals surface area contributed by atoms with Crippen LogP contribution >= 0.6 is 0 Å². The molecular formula is C10H13NO. The zero-order chi connectivity index (χ0) is 8.23. The molecule has 12 heavy (non-hydrogen) atoms. The highest BCUT2D eigenvalue weighted by Crippen LogP contribution is 2.58. The molecule has 2 heteroatoms. The minimum absolute atomic E-state index is 0.0295. The first-order chi connectivity index (χ1) is 5.79. The van der Waals surface area contributed by atoms with E-state index in [4.69, 9.17) is 0 Å². The van der Waals surface area contributed by atoms with Crippen molar-refractivity contribution in [2.45, 2.75) is 37.6 Å². The molecule has 0 aromatic rings. The van der Waals surface area contributed by atoms with Crippen molar-refractivity contribution >= 4 is 5.91 Å². The fourth-order valence-electron chi connectivity index (χ4n) is 3.27. The Bertz CT molecular complexity index is 284. The zero-order valence-corrected chi connectivity index (χ0v) is 7.10. The van der Waals surface area contributed by atoms with Crippen molar-refractivity contribution in [2.75, 3.05) is 0 Å². The maximum Gasteiger partial charge on any atom is 0.229 e. The van der Waals surface area contributed by atoms with Crippen LogP contribution in [0.3, 0.4) is 0 Å². The third kappa shape index (κ3) is 0.473. The Labute approximate surface area is 72.0 Å². The molecule has 1 saturated carbocycles. The van der Waals surface area contributed by atoms with Crippen LogP contribution in [0.15, 0.2) is 12.2 Å². The summed E-state index contributed by atoms with van der Waals surface area (Å²) in [4.78, 5) is 11.5. The molecule has 2 aliphatic carbocycles. The lowest BCUT2D eigenvalue weighted by Gasteiger charge is -2.56. The monoisotopic (exact) mass is 163 g/mol. The average Bonchev–Trinajstić information content (AvgIpc) is 2.38. The van der Waals surface area contributed by atoms with E-state index in [1.165, 1.54) is 12.8 Å². The van der Waals surface area contributed by atoms with Gasteiger partial charge in [0.1, 0.15) is 0 Å². The molecule has 1 heterocycles. The molecule has 2 fully saturated rings. The third-order valence-corrected chi connectivity index (χ3v) is 4.01. The van der Waals surface area contributed by atoms with Gasteiger partial charge in [-0.3, -0.25) is 4.79 Å². The minimum Gasteiger partial charge on any atom is -0.349 e. The van der Waals surface area contributed by atoms with Crippen LogP contribution < -0.4 is 5.32 Å². The van der Waals surface area contributed by atoms with Gasteiger partial charge in [0.05, 0.1) is 11.0 Å². The standard InChI is InChI=1S/C10H13NO/c12-8-9-4-1-2-6-10(9,11-8)7-3-5-9/h1-2H,3-7H2,(H,11,12)/t9-,10-/m1/s1. The minimum atomic E-state index is 0.0295. The molecule has 2 atom stereocenters. The second kappa shape index (κ2) is 1.76. The maximum absolute atomic E-state index is 11.5. The fraction of sp³-hybridized carbons (Fsp3) is 0.700. The highest BCUT2D eigenvalue weighted by molar-refractivity contribution is 5.93. The van der Waals surface area contributed by atoms with E-state index in [0.717, 1.165) is 19.3 Å². The Morgan fingerprint density at radius 3 is 2.83 bits per heavy atom. The van der Waals surface area contributed by atoms with Crippen molar-refractivity contribution in [3.8, 4) is 0 Å². The van der Waals surface area contributed by atoms with E-state index < -0.39 is 0 Å². The number of rotatable bonds is 0. The van der Waals surface area contributed by atoms with E-state index in [0.29, 0.717) is 5.91 Å². The normalized spacial score (nSPS) is 49.2. The lowest BCUT2D eigenvalue weighted by Crippen LogP contribution is -2.74. The van der Waals surface area contributed by atoms with Crippen molar-refractivity contribution in [3.05, 3.63) is 12.2 Å². The molecule has 1 saturated heterocycles. The first kappa shape index (κ1) is 6.70. The smallest absolute Gasteiger partial charge is 0.229 e. The highest BCUT2D eigenvalue weighted by atomic mass is 16.2. The highest BCUT2D eigenvalue weighted by Gasteiger charge is 2.67. The predicted molar refractivity (Wildman–Crippen MR) is 45.5 cm³/mol. The van der Waals surface area contributed by atoms with Crippen LogP contribution in [-0.4, -0.2) is 11.4 Å². The summed E-state index contributed by atoms with van der Waals surface area (Å²) in [6.45, 7) is 0. The van der Waals surface area contributed by atoms with Gasteiger partial charge in [-0.1, -0.05) is 12.2 Å². The number of β-lactam (4-membered cyclic amide) rings is 1. The number of nitrogens with one attached hydrogen (secondary N) is 1. The number of carbonyl (C=O) groups excluding carboxylic acids is 1. The Hall–Kier alpha value is -0.790. The van der Waals surface area contributed by atoms with Gasteiger partial charge in [0.25, 0.3) is 0 Å². The first-order valence-electron chi connectivity index (χ1n) is 4.77. The van der Waals surface area contributed by atoms with Crippen molar-refractivity contribution in [2.24, 2.45) is 5.41 Å². The zero-order valence-electron chi connectivity index (χ0n) is 7.10. The van der Waals surface area contributed by atoms with Crippen LogP contribution in [0.1, 0.15) is 32.1 Å². The van der Waals surface area contributed by atoms with Gasteiger partial charge < -0.3 is 5.32 Å². The Balaban J connectivity index is 2.10. The second-order valence-corrected chi connectivity index (χ2v) is 4.35. The molecule has 1 N–H and O–H groups in total. The molecule has 3 rings (SSSR count). The van der Waals surface area contributed by atoms with Gasteiger partial charge in [0.2, 0.25) is 5.91 Å². The Morgan fingerprint density at radius 1 is 1.25 bits per heavy atom. The van der Waals surface area contributed by atoms with Crippen molar-refractivity contribution in [1.29, 1.82) is 0 Å². The van der Waals surface area contributed by atoms with Crippen molar-refractivity contribution < 1.29 is 4.79 Å². The number of carbonyl (C=O) groups is 1. The van der Waals surface area contributed by atoms with Crippen molar-refractivity contribution in [3.63, 3.8) is 0 Å². The fourth-order valence-corrected chi connectivity index (χ4v) is 3.27. The summed E-state index contributed by atoms with van der Waals surface area (Å²) in [7, 11) is 0. The molecule has 0 aromatic heterocycles. The summed E-state index contributed by atoms with van der Waals surface area (Å²) in [5.41, 5.74) is 0.223. The summed E-state index contributed by atoms with van der Waals surface area (Å²) in [5.74, 6) is 0.310. The molecule has 0 spiro atoms. The Morgan fingerprint density at radius 2 is 2.08 bits per heavy atom. The Kier molecular flexibility index (Phi) is 0.980. The average molecular weight is 163 g/mol. The van der Waals surface area contributed by atoms with Gasteiger partial charge in [-0.05, 0) is 32.1 Å². The lowest BCUT2D eigenvalue weighted by molar-refractivity contribution is -0.153. The van der Waals surface area contributed by atoms with E-state index in [1.807, 2.05) is 0 Å². The molecule has 64 valence electrons. The number of allylic oxidation sites excluding steroid dienone is 1. The molecule has 1 amide bonds. The van der Waals surface area contributed by atoms with E-state index in [2.05, 4.69) is 17.5 Å². The van der Waals surface area contributed by atoms with Crippen LogP contribution in [0.5, 0.6) is 0 Å². The molecule has 0 aromatic carbocycles. The van der Waals surface area contributed by atoms with Gasteiger partial charge in [-0.15, -0.1) is 0 Å². The predicted octanol–water partition coefficient (Wildman–Crippen LogP) is 1.38. The van der Waals surface area contributed by atoms with E-state index in [1.54, 1.807) is 0 Å². The van der Waals surface area contributed by atoms with E-state index in [-0.39, 0.29) is 11.0 Å². The molecule has 0 radical (unpaired) electrons. The van der Waals surface area contributed by atoms with E-state index >= 15 is 0 Å². The van der Waals surface area contributed by atoms with Gasteiger partial charge in [0.15, 0.2) is 0 Å². The molecule has 1 aliphatic heterocycles. The summed E-state index contributed by atoms with van der Waals surface area (Å²) in [5, 5.41) is 3.12. The van der Waals surface area contributed by atoms with Crippen LogP contribution in [0.2, 0.25) is 0 Å². The number of hydrogen-bond donors (Lipinski definition) is 1. The van der Waals surface area contributed by atoms with Crippen LogP contribution in [0.25, 0.3) is 0 Å². The van der Waals surface area contributed by atoms with Gasteiger partial charge in [-0.25, -0.2) is 0 Å². The summed E-state index contributed by atoms with van der Waals surface area (Å²) < 4.78 is 0. The molecule has 3 aliphatic rings.